The second-order valence-corrected chi connectivity index (χ2v) is 3.99. The van der Waals surface area contributed by atoms with E-state index in [4.69, 9.17) is 9.47 Å². The van der Waals surface area contributed by atoms with Crippen LogP contribution in [0.25, 0.3) is 0 Å². The number of benzene rings is 1. The van der Waals surface area contributed by atoms with Gasteiger partial charge in [-0.25, -0.2) is 0 Å². The Bertz CT molecular complexity index is 375. The van der Waals surface area contributed by atoms with Crippen LogP contribution in [0.3, 0.4) is 0 Å². The van der Waals surface area contributed by atoms with Gasteiger partial charge in [0, 0.05) is 13.7 Å². The lowest BCUT2D eigenvalue weighted by Crippen LogP contribution is -2.36. The molecular weight excluding hydrogens is 230 g/mol. The van der Waals surface area contributed by atoms with Gasteiger partial charge in [-0.15, -0.1) is 0 Å². The lowest BCUT2D eigenvalue weighted by atomic mass is 10.1. The van der Waals surface area contributed by atoms with E-state index in [1.807, 2.05) is 31.2 Å². The fourth-order valence-corrected chi connectivity index (χ4v) is 1.80. The third-order valence-electron chi connectivity index (χ3n) is 2.83. The molecule has 4 heteroatoms. The average Bonchev–Trinajstić information content (AvgIpc) is 2.40. The van der Waals surface area contributed by atoms with Crippen molar-refractivity contribution in [1.29, 1.82) is 0 Å². The van der Waals surface area contributed by atoms with E-state index in [-0.39, 0.29) is 12.0 Å². The maximum Gasteiger partial charge on any atom is 0.249 e. The number of para-hydroxylation sites is 1. The molecule has 0 aliphatic carbocycles. The van der Waals surface area contributed by atoms with Gasteiger partial charge in [-0.3, -0.25) is 4.79 Å². The Kier molecular flexibility index (Phi) is 6.22. The van der Waals surface area contributed by atoms with E-state index in [2.05, 4.69) is 5.32 Å². The van der Waals surface area contributed by atoms with Crippen LogP contribution in [0.4, 0.5) is 0 Å². The van der Waals surface area contributed by atoms with Gasteiger partial charge >= 0.3 is 0 Å². The molecule has 0 fully saturated rings. The minimum atomic E-state index is -0.359. The SMILES string of the molecule is CCC(OC)C(=O)NCCc1ccccc1OC. The summed E-state index contributed by atoms with van der Waals surface area (Å²) in [5.74, 6) is 0.792. The Hall–Kier alpha value is -1.55. The van der Waals surface area contributed by atoms with Gasteiger partial charge in [-0.1, -0.05) is 25.1 Å². The molecule has 1 unspecified atom stereocenters. The van der Waals surface area contributed by atoms with Gasteiger partial charge in [0.05, 0.1) is 7.11 Å². The van der Waals surface area contributed by atoms with Crippen molar-refractivity contribution >= 4 is 5.91 Å². The van der Waals surface area contributed by atoms with E-state index in [1.54, 1.807) is 14.2 Å². The molecule has 0 bridgehead atoms. The van der Waals surface area contributed by atoms with Crippen LogP contribution in [0.2, 0.25) is 0 Å². The second kappa shape index (κ2) is 7.71. The van der Waals surface area contributed by atoms with Crippen LogP contribution in [0.15, 0.2) is 24.3 Å². The van der Waals surface area contributed by atoms with E-state index >= 15 is 0 Å². The normalized spacial score (nSPS) is 11.9. The second-order valence-electron chi connectivity index (χ2n) is 3.99. The lowest BCUT2D eigenvalue weighted by molar-refractivity contribution is -0.131. The molecule has 0 heterocycles. The van der Waals surface area contributed by atoms with Crippen LogP contribution in [-0.2, 0) is 16.0 Å². The molecule has 1 N–H and O–H groups in total. The van der Waals surface area contributed by atoms with Crippen LogP contribution in [-0.4, -0.2) is 32.8 Å². The molecule has 1 amide bonds. The number of carbonyl (C=O) groups is 1. The maximum atomic E-state index is 11.7. The third-order valence-corrected chi connectivity index (χ3v) is 2.83. The number of rotatable bonds is 7. The molecular formula is C14H21NO3. The molecule has 1 aromatic rings. The van der Waals surface area contributed by atoms with Crippen LogP contribution in [0, 0.1) is 0 Å². The zero-order valence-electron chi connectivity index (χ0n) is 11.2. The smallest absolute Gasteiger partial charge is 0.249 e. The van der Waals surface area contributed by atoms with Gasteiger partial charge in [0.15, 0.2) is 0 Å². The largest absolute Gasteiger partial charge is 0.496 e. The Morgan fingerprint density at radius 1 is 1.33 bits per heavy atom. The van der Waals surface area contributed by atoms with Crippen LogP contribution in [0.1, 0.15) is 18.9 Å². The summed E-state index contributed by atoms with van der Waals surface area (Å²) >= 11 is 0. The highest BCUT2D eigenvalue weighted by Crippen LogP contribution is 2.17. The predicted octanol–water partition coefficient (Wildman–Crippen LogP) is 1.78. The Morgan fingerprint density at radius 2 is 2.06 bits per heavy atom. The standard InChI is InChI=1S/C14H21NO3/c1-4-12(17-2)14(16)15-10-9-11-7-5-6-8-13(11)18-3/h5-8,12H,4,9-10H2,1-3H3,(H,15,16). The molecule has 1 rings (SSSR count). The molecule has 0 aliphatic rings. The number of methoxy groups -OCH3 is 2. The monoisotopic (exact) mass is 251 g/mol. The summed E-state index contributed by atoms with van der Waals surface area (Å²) in [6, 6.07) is 7.81. The number of carbonyl (C=O) groups excluding carboxylic acids is 1. The highest BCUT2D eigenvalue weighted by atomic mass is 16.5. The summed E-state index contributed by atoms with van der Waals surface area (Å²) in [6.45, 7) is 2.51. The van der Waals surface area contributed by atoms with Crippen LogP contribution in [0.5, 0.6) is 5.75 Å². The first-order chi connectivity index (χ1) is 8.72. The van der Waals surface area contributed by atoms with Gasteiger partial charge < -0.3 is 14.8 Å². The Balaban J connectivity index is 2.44. The Labute approximate surface area is 108 Å². The fraction of sp³-hybridized carbons (Fsp3) is 0.500. The third kappa shape index (κ3) is 4.04. The number of hydrogen-bond donors (Lipinski definition) is 1. The first-order valence-electron chi connectivity index (χ1n) is 6.15. The summed E-state index contributed by atoms with van der Waals surface area (Å²) in [4.78, 5) is 11.7. The van der Waals surface area contributed by atoms with Crippen molar-refractivity contribution in [3.05, 3.63) is 29.8 Å². The van der Waals surface area contributed by atoms with Crippen molar-refractivity contribution in [2.45, 2.75) is 25.9 Å². The lowest BCUT2D eigenvalue weighted by Gasteiger charge is -2.13. The molecule has 1 atom stereocenters. The molecule has 0 spiro atoms. The summed E-state index contributed by atoms with van der Waals surface area (Å²) in [7, 11) is 3.20. The summed E-state index contributed by atoms with van der Waals surface area (Å²) in [5, 5.41) is 2.86. The predicted molar refractivity (Wildman–Crippen MR) is 70.8 cm³/mol. The number of nitrogens with one attached hydrogen (secondary N) is 1. The van der Waals surface area contributed by atoms with E-state index in [1.165, 1.54) is 0 Å². The van der Waals surface area contributed by atoms with Crippen molar-refractivity contribution in [3.63, 3.8) is 0 Å². The van der Waals surface area contributed by atoms with E-state index in [9.17, 15) is 4.79 Å². The fourth-order valence-electron chi connectivity index (χ4n) is 1.80. The van der Waals surface area contributed by atoms with Gasteiger partial charge in [0.2, 0.25) is 5.91 Å². The van der Waals surface area contributed by atoms with Crippen LogP contribution < -0.4 is 10.1 Å². The summed E-state index contributed by atoms with van der Waals surface area (Å²) < 4.78 is 10.3. The highest BCUT2D eigenvalue weighted by Gasteiger charge is 2.14. The van der Waals surface area contributed by atoms with Crippen molar-refractivity contribution < 1.29 is 14.3 Å². The van der Waals surface area contributed by atoms with E-state index in [0.717, 1.165) is 17.7 Å². The molecule has 18 heavy (non-hydrogen) atoms. The first-order valence-corrected chi connectivity index (χ1v) is 6.15. The van der Waals surface area contributed by atoms with Crippen molar-refractivity contribution in [2.24, 2.45) is 0 Å². The average molecular weight is 251 g/mol. The Morgan fingerprint density at radius 3 is 2.67 bits per heavy atom. The molecule has 0 aliphatic heterocycles. The molecule has 100 valence electrons. The molecule has 1 aromatic carbocycles. The van der Waals surface area contributed by atoms with Crippen molar-refractivity contribution in [1.82, 2.24) is 5.32 Å². The topological polar surface area (TPSA) is 47.6 Å². The van der Waals surface area contributed by atoms with Gasteiger partial charge in [-0.2, -0.15) is 0 Å². The zero-order valence-corrected chi connectivity index (χ0v) is 11.2. The van der Waals surface area contributed by atoms with Gasteiger partial charge in [0.1, 0.15) is 11.9 Å². The minimum absolute atomic E-state index is 0.0603. The molecule has 4 nitrogen and oxygen atoms in total. The zero-order chi connectivity index (χ0) is 13.4. The van der Waals surface area contributed by atoms with Gasteiger partial charge in [-0.05, 0) is 24.5 Å². The first kappa shape index (κ1) is 14.5. The number of hydrogen-bond acceptors (Lipinski definition) is 3. The summed E-state index contributed by atoms with van der Waals surface area (Å²) in [6.07, 6.45) is 1.06. The van der Waals surface area contributed by atoms with Crippen molar-refractivity contribution in [3.8, 4) is 5.75 Å². The molecule has 0 saturated carbocycles. The minimum Gasteiger partial charge on any atom is -0.496 e. The molecule has 0 saturated heterocycles. The van der Waals surface area contributed by atoms with Gasteiger partial charge in [0.25, 0.3) is 0 Å². The van der Waals surface area contributed by atoms with E-state index in [0.29, 0.717) is 13.0 Å². The maximum absolute atomic E-state index is 11.7. The van der Waals surface area contributed by atoms with Crippen LogP contribution >= 0.6 is 0 Å². The van der Waals surface area contributed by atoms with E-state index < -0.39 is 0 Å². The van der Waals surface area contributed by atoms with Crippen molar-refractivity contribution in [2.75, 3.05) is 20.8 Å². The number of ether oxygens (including phenoxy) is 2. The summed E-state index contributed by atoms with van der Waals surface area (Å²) in [5.41, 5.74) is 1.09. The number of amides is 1. The molecule has 0 aromatic heterocycles. The quantitative estimate of drug-likeness (QED) is 0.803. The molecule has 0 radical (unpaired) electrons. The highest BCUT2D eigenvalue weighted by molar-refractivity contribution is 5.80.